The molecule has 6 nitrogen and oxygen atoms in total. The molecule has 1 saturated heterocycles. The van der Waals surface area contributed by atoms with Crippen molar-refractivity contribution in [2.45, 2.75) is 31.3 Å². The molecular formula is C10H16N2O4S. The monoisotopic (exact) mass is 260 g/mol. The molecule has 1 fully saturated rings. The zero-order valence-electron chi connectivity index (χ0n) is 9.56. The minimum atomic E-state index is -1.04. The third-order valence-electron chi connectivity index (χ3n) is 2.54. The average molecular weight is 260 g/mol. The van der Waals surface area contributed by atoms with Gasteiger partial charge in [0.1, 0.15) is 12.1 Å². The van der Waals surface area contributed by atoms with E-state index in [1.807, 2.05) is 6.26 Å². The van der Waals surface area contributed by atoms with Crippen molar-refractivity contribution in [2.75, 3.05) is 12.0 Å². The molecule has 2 atom stereocenters. The van der Waals surface area contributed by atoms with Crippen molar-refractivity contribution in [3.05, 3.63) is 0 Å². The molecular weight excluding hydrogens is 244 g/mol. The third kappa shape index (κ3) is 4.26. The van der Waals surface area contributed by atoms with Crippen LogP contribution in [0.5, 0.6) is 0 Å². The summed E-state index contributed by atoms with van der Waals surface area (Å²) in [6, 6.07) is -1.47. The fourth-order valence-corrected chi connectivity index (χ4v) is 2.05. The van der Waals surface area contributed by atoms with Gasteiger partial charge in [0.2, 0.25) is 11.8 Å². The third-order valence-corrected chi connectivity index (χ3v) is 3.18. The van der Waals surface area contributed by atoms with Gasteiger partial charge in [0, 0.05) is 6.42 Å². The zero-order valence-corrected chi connectivity index (χ0v) is 10.4. The number of aliphatic carboxylic acids is 1. The number of carboxylic acid groups (broad SMARTS) is 1. The van der Waals surface area contributed by atoms with Gasteiger partial charge >= 0.3 is 5.97 Å². The highest BCUT2D eigenvalue weighted by Crippen LogP contribution is 2.08. The first-order valence-electron chi connectivity index (χ1n) is 5.36. The van der Waals surface area contributed by atoms with Gasteiger partial charge < -0.3 is 15.7 Å². The van der Waals surface area contributed by atoms with Gasteiger partial charge in [-0.05, 0) is 24.9 Å². The first-order chi connectivity index (χ1) is 8.04. The van der Waals surface area contributed by atoms with Crippen LogP contribution in [-0.2, 0) is 14.4 Å². The Morgan fingerprint density at radius 2 is 2.35 bits per heavy atom. The molecule has 1 aliphatic heterocycles. The van der Waals surface area contributed by atoms with Crippen LogP contribution >= 0.6 is 11.8 Å². The molecule has 1 unspecified atom stereocenters. The van der Waals surface area contributed by atoms with Crippen LogP contribution in [0.2, 0.25) is 0 Å². The lowest BCUT2D eigenvalue weighted by molar-refractivity contribution is -0.142. The summed E-state index contributed by atoms with van der Waals surface area (Å²) in [5, 5.41) is 13.9. The zero-order chi connectivity index (χ0) is 12.8. The summed E-state index contributed by atoms with van der Waals surface area (Å²) in [5.41, 5.74) is 0. The van der Waals surface area contributed by atoms with Crippen LogP contribution in [0.3, 0.4) is 0 Å². The molecule has 2 amide bonds. The summed E-state index contributed by atoms with van der Waals surface area (Å²) in [4.78, 5) is 33.5. The first-order valence-corrected chi connectivity index (χ1v) is 6.75. The molecule has 3 N–H and O–H groups in total. The van der Waals surface area contributed by atoms with E-state index < -0.39 is 24.0 Å². The van der Waals surface area contributed by atoms with Gasteiger partial charge in [-0.15, -0.1) is 0 Å². The van der Waals surface area contributed by atoms with Crippen LogP contribution in [0.4, 0.5) is 0 Å². The van der Waals surface area contributed by atoms with E-state index in [4.69, 9.17) is 5.11 Å². The number of hydrogen-bond acceptors (Lipinski definition) is 4. The number of nitrogens with one attached hydrogen (secondary N) is 2. The SMILES string of the molecule is CSCCC(NC(=O)[C@@H]1CCC(=O)N1)C(=O)O. The Bertz CT molecular complexity index is 321. The molecule has 0 aliphatic carbocycles. The van der Waals surface area contributed by atoms with Crippen molar-refractivity contribution in [1.29, 1.82) is 0 Å². The topological polar surface area (TPSA) is 95.5 Å². The lowest BCUT2D eigenvalue weighted by atomic mass is 10.1. The standard InChI is InChI=1S/C10H16N2O4S/c1-17-5-4-7(10(15)16)12-9(14)6-2-3-8(13)11-6/h6-7H,2-5H2,1H3,(H,11,13)(H,12,14)(H,15,16)/t6-,7?/m0/s1. The predicted octanol–water partition coefficient (Wildman–Crippen LogP) is -0.412. The van der Waals surface area contributed by atoms with E-state index in [0.717, 1.165) is 0 Å². The lowest BCUT2D eigenvalue weighted by Crippen LogP contribution is -2.48. The molecule has 0 aromatic heterocycles. The molecule has 7 heteroatoms. The van der Waals surface area contributed by atoms with E-state index in [1.165, 1.54) is 11.8 Å². The lowest BCUT2D eigenvalue weighted by Gasteiger charge is -2.16. The number of hydrogen-bond donors (Lipinski definition) is 3. The highest BCUT2D eigenvalue weighted by atomic mass is 32.2. The fraction of sp³-hybridized carbons (Fsp3) is 0.700. The molecule has 17 heavy (non-hydrogen) atoms. The number of thioether (sulfide) groups is 1. The van der Waals surface area contributed by atoms with Crippen LogP contribution in [-0.4, -0.2) is 47.0 Å². The molecule has 0 spiro atoms. The van der Waals surface area contributed by atoms with Crippen molar-refractivity contribution in [3.63, 3.8) is 0 Å². The van der Waals surface area contributed by atoms with E-state index >= 15 is 0 Å². The van der Waals surface area contributed by atoms with Crippen molar-refractivity contribution < 1.29 is 19.5 Å². The van der Waals surface area contributed by atoms with Crippen LogP contribution in [0.1, 0.15) is 19.3 Å². The molecule has 1 aliphatic rings. The van der Waals surface area contributed by atoms with Crippen LogP contribution in [0.15, 0.2) is 0 Å². The summed E-state index contributed by atoms with van der Waals surface area (Å²) in [7, 11) is 0. The highest BCUT2D eigenvalue weighted by molar-refractivity contribution is 7.98. The Labute approximate surface area is 104 Å². The van der Waals surface area contributed by atoms with Crippen molar-refractivity contribution >= 4 is 29.5 Å². The minimum absolute atomic E-state index is 0.166. The Morgan fingerprint density at radius 1 is 1.65 bits per heavy atom. The second-order valence-electron chi connectivity index (χ2n) is 3.84. The molecule has 0 bridgehead atoms. The summed E-state index contributed by atoms with van der Waals surface area (Å²) >= 11 is 1.52. The summed E-state index contributed by atoms with van der Waals surface area (Å²) in [6.45, 7) is 0. The van der Waals surface area contributed by atoms with Gasteiger partial charge in [-0.2, -0.15) is 11.8 Å². The summed E-state index contributed by atoms with van der Waals surface area (Å²) in [6.07, 6.45) is 3.00. The van der Waals surface area contributed by atoms with Crippen molar-refractivity contribution in [2.24, 2.45) is 0 Å². The number of rotatable bonds is 6. The highest BCUT2D eigenvalue weighted by Gasteiger charge is 2.30. The maximum atomic E-state index is 11.7. The van der Waals surface area contributed by atoms with E-state index in [9.17, 15) is 14.4 Å². The molecule has 0 aromatic rings. The van der Waals surface area contributed by atoms with Crippen molar-refractivity contribution in [1.82, 2.24) is 10.6 Å². The maximum absolute atomic E-state index is 11.7. The van der Waals surface area contributed by atoms with Crippen LogP contribution < -0.4 is 10.6 Å². The maximum Gasteiger partial charge on any atom is 0.326 e. The Morgan fingerprint density at radius 3 is 2.82 bits per heavy atom. The smallest absolute Gasteiger partial charge is 0.326 e. The van der Waals surface area contributed by atoms with Crippen LogP contribution in [0, 0.1) is 0 Å². The predicted molar refractivity (Wildman–Crippen MR) is 63.7 cm³/mol. The molecule has 0 aromatic carbocycles. The molecule has 1 rings (SSSR count). The van der Waals surface area contributed by atoms with Gasteiger partial charge in [-0.3, -0.25) is 9.59 Å². The van der Waals surface area contributed by atoms with Gasteiger partial charge in [0.05, 0.1) is 0 Å². The van der Waals surface area contributed by atoms with Crippen molar-refractivity contribution in [3.8, 4) is 0 Å². The Balaban J connectivity index is 2.46. The number of carbonyl (C=O) groups is 3. The quantitative estimate of drug-likeness (QED) is 0.603. The van der Waals surface area contributed by atoms with E-state index in [-0.39, 0.29) is 5.91 Å². The largest absolute Gasteiger partial charge is 0.480 e. The Hall–Kier alpha value is -1.24. The molecule has 0 saturated carbocycles. The van der Waals surface area contributed by atoms with Gasteiger partial charge in [0.15, 0.2) is 0 Å². The Kier molecular flexibility index (Phi) is 5.27. The molecule has 96 valence electrons. The van der Waals surface area contributed by atoms with Gasteiger partial charge in [-0.1, -0.05) is 0 Å². The second kappa shape index (κ2) is 6.48. The fourth-order valence-electron chi connectivity index (χ4n) is 1.58. The van der Waals surface area contributed by atoms with Gasteiger partial charge in [-0.25, -0.2) is 4.79 Å². The van der Waals surface area contributed by atoms with Gasteiger partial charge in [0.25, 0.3) is 0 Å². The summed E-state index contributed by atoms with van der Waals surface area (Å²) < 4.78 is 0. The first kappa shape index (κ1) is 13.8. The molecule has 0 radical (unpaired) electrons. The second-order valence-corrected chi connectivity index (χ2v) is 4.83. The number of carbonyl (C=O) groups excluding carboxylic acids is 2. The van der Waals surface area contributed by atoms with E-state index in [1.54, 1.807) is 0 Å². The number of carboxylic acids is 1. The van der Waals surface area contributed by atoms with E-state index in [2.05, 4.69) is 10.6 Å². The molecule has 1 heterocycles. The van der Waals surface area contributed by atoms with Crippen LogP contribution in [0.25, 0.3) is 0 Å². The normalized spacial score (nSPS) is 20.8. The van der Waals surface area contributed by atoms with E-state index in [0.29, 0.717) is 25.0 Å². The number of amides is 2. The minimum Gasteiger partial charge on any atom is -0.480 e. The average Bonchev–Trinajstić information content (AvgIpc) is 2.70. The summed E-state index contributed by atoms with van der Waals surface area (Å²) in [5.74, 6) is -0.962.